The van der Waals surface area contributed by atoms with Crippen LogP contribution in [0.2, 0.25) is 0 Å². The number of rotatable bonds is 6. The van der Waals surface area contributed by atoms with Gasteiger partial charge in [0.15, 0.2) is 0 Å². The molecule has 0 N–H and O–H groups in total. The molecule has 0 saturated heterocycles. The molecule has 1 rings (SSSR count). The summed E-state index contributed by atoms with van der Waals surface area (Å²) >= 11 is 0. The second-order valence-corrected chi connectivity index (χ2v) is 3.71. The average molecular weight is 264 g/mol. The Morgan fingerprint density at radius 2 is 1.95 bits per heavy atom. The minimum atomic E-state index is -0.797. The summed E-state index contributed by atoms with van der Waals surface area (Å²) in [7, 11) is 0. The van der Waals surface area contributed by atoms with E-state index < -0.39 is 16.6 Å². The average Bonchev–Trinajstić information content (AvgIpc) is 2.38. The van der Waals surface area contributed by atoms with Crippen LogP contribution in [0.1, 0.15) is 10.4 Å². The van der Waals surface area contributed by atoms with Crippen molar-refractivity contribution in [1.82, 2.24) is 4.90 Å². The molecule has 0 spiro atoms. The Balaban J connectivity index is 3.15. The quantitative estimate of drug-likeness (QED) is 0.450. The Bertz CT molecular complexity index is 519. The summed E-state index contributed by atoms with van der Waals surface area (Å²) in [5, 5.41) is 10.6. The highest BCUT2D eigenvalue weighted by atomic mass is 19.1. The maximum atomic E-state index is 13.6. The van der Waals surface area contributed by atoms with E-state index in [1.165, 1.54) is 17.1 Å². The van der Waals surface area contributed by atoms with Gasteiger partial charge in [-0.1, -0.05) is 12.2 Å². The number of benzene rings is 1. The van der Waals surface area contributed by atoms with Crippen molar-refractivity contribution in [2.75, 3.05) is 13.1 Å². The molecular weight excluding hydrogens is 251 g/mol. The van der Waals surface area contributed by atoms with Crippen molar-refractivity contribution >= 4 is 11.6 Å². The number of hydrogen-bond acceptors (Lipinski definition) is 3. The first-order valence-electron chi connectivity index (χ1n) is 5.46. The van der Waals surface area contributed by atoms with Crippen molar-refractivity contribution in [3.63, 3.8) is 0 Å². The van der Waals surface area contributed by atoms with Gasteiger partial charge in [-0.05, 0) is 6.07 Å². The fourth-order valence-electron chi connectivity index (χ4n) is 1.51. The second kappa shape index (κ2) is 6.44. The van der Waals surface area contributed by atoms with E-state index in [2.05, 4.69) is 13.2 Å². The topological polar surface area (TPSA) is 63.5 Å². The van der Waals surface area contributed by atoms with E-state index in [-0.39, 0.29) is 24.3 Å². The summed E-state index contributed by atoms with van der Waals surface area (Å²) in [5.41, 5.74) is -0.667. The van der Waals surface area contributed by atoms with Crippen molar-refractivity contribution < 1.29 is 14.1 Å². The van der Waals surface area contributed by atoms with Gasteiger partial charge in [0.2, 0.25) is 0 Å². The molecule has 1 amide bonds. The lowest BCUT2D eigenvalue weighted by atomic mass is 10.1. The van der Waals surface area contributed by atoms with Crippen molar-refractivity contribution in [2.24, 2.45) is 0 Å². The third kappa shape index (κ3) is 3.48. The molecule has 100 valence electrons. The number of carbonyl (C=O) groups is 1. The highest BCUT2D eigenvalue weighted by Crippen LogP contribution is 2.18. The van der Waals surface area contributed by atoms with Gasteiger partial charge in [-0.15, -0.1) is 13.2 Å². The third-order valence-electron chi connectivity index (χ3n) is 2.38. The number of hydrogen-bond donors (Lipinski definition) is 0. The predicted molar refractivity (Wildman–Crippen MR) is 69.4 cm³/mol. The number of carbonyl (C=O) groups excluding carboxylic acids is 1. The molecule has 6 heteroatoms. The lowest BCUT2D eigenvalue weighted by molar-refractivity contribution is -0.384. The van der Waals surface area contributed by atoms with Gasteiger partial charge in [0.25, 0.3) is 11.6 Å². The van der Waals surface area contributed by atoms with Gasteiger partial charge >= 0.3 is 0 Å². The second-order valence-electron chi connectivity index (χ2n) is 3.71. The molecule has 0 fully saturated rings. The van der Waals surface area contributed by atoms with Crippen LogP contribution < -0.4 is 0 Å². The minimum absolute atomic E-state index is 0.201. The van der Waals surface area contributed by atoms with E-state index in [4.69, 9.17) is 0 Å². The first-order valence-corrected chi connectivity index (χ1v) is 5.46. The summed E-state index contributed by atoms with van der Waals surface area (Å²) in [5.74, 6) is -1.44. The van der Waals surface area contributed by atoms with Crippen LogP contribution in [0, 0.1) is 15.9 Å². The van der Waals surface area contributed by atoms with E-state index in [1.807, 2.05) is 0 Å². The first-order chi connectivity index (χ1) is 9.01. The van der Waals surface area contributed by atoms with E-state index >= 15 is 0 Å². The Morgan fingerprint density at radius 3 is 2.42 bits per heavy atom. The molecule has 0 heterocycles. The highest BCUT2D eigenvalue weighted by molar-refractivity contribution is 5.95. The molecule has 0 aliphatic rings. The van der Waals surface area contributed by atoms with Gasteiger partial charge < -0.3 is 4.90 Å². The predicted octanol–water partition coefficient (Wildman–Crippen LogP) is 2.55. The van der Waals surface area contributed by atoms with Crippen molar-refractivity contribution in [1.29, 1.82) is 0 Å². The summed E-state index contributed by atoms with van der Waals surface area (Å²) in [6.45, 7) is 7.40. The van der Waals surface area contributed by atoms with E-state index in [1.54, 1.807) is 0 Å². The van der Waals surface area contributed by atoms with Crippen LogP contribution in [0.15, 0.2) is 43.5 Å². The smallest absolute Gasteiger partial charge is 0.270 e. The normalized spacial score (nSPS) is 9.74. The van der Waals surface area contributed by atoms with Crippen molar-refractivity contribution in [3.8, 4) is 0 Å². The molecule has 1 aromatic carbocycles. The lowest BCUT2D eigenvalue weighted by Crippen LogP contribution is -2.32. The van der Waals surface area contributed by atoms with Crippen LogP contribution in [0.4, 0.5) is 10.1 Å². The van der Waals surface area contributed by atoms with Gasteiger partial charge in [-0.25, -0.2) is 4.39 Å². The summed E-state index contributed by atoms with van der Waals surface area (Å²) in [4.78, 5) is 23.3. The molecule has 1 aromatic rings. The maximum absolute atomic E-state index is 13.6. The molecule has 0 aliphatic carbocycles. The number of non-ortho nitro benzene ring substituents is 1. The molecule has 0 aliphatic heterocycles. The largest absolute Gasteiger partial charge is 0.331 e. The summed E-state index contributed by atoms with van der Waals surface area (Å²) in [6.07, 6.45) is 2.97. The number of nitrogens with zero attached hydrogens (tertiary/aromatic N) is 2. The molecule has 0 unspecified atom stereocenters. The number of nitro groups is 1. The molecule has 0 bridgehead atoms. The Labute approximate surface area is 109 Å². The van der Waals surface area contributed by atoms with Gasteiger partial charge in [-0.3, -0.25) is 14.9 Å². The van der Waals surface area contributed by atoms with Crippen molar-refractivity contribution in [2.45, 2.75) is 0 Å². The van der Waals surface area contributed by atoms with Crippen LogP contribution >= 0.6 is 0 Å². The number of amides is 1. The lowest BCUT2D eigenvalue weighted by Gasteiger charge is -2.19. The van der Waals surface area contributed by atoms with Crippen LogP contribution in [-0.2, 0) is 0 Å². The number of halogens is 1. The fraction of sp³-hybridized carbons (Fsp3) is 0.154. The van der Waals surface area contributed by atoms with Crippen LogP contribution in [0.5, 0.6) is 0 Å². The molecule has 0 atom stereocenters. The molecule has 0 saturated carbocycles. The van der Waals surface area contributed by atoms with Gasteiger partial charge in [0.1, 0.15) is 5.82 Å². The number of nitro benzene ring substituents is 1. The summed E-state index contributed by atoms with van der Waals surface area (Å²) in [6, 6.07) is 2.85. The van der Waals surface area contributed by atoms with Gasteiger partial charge in [0.05, 0.1) is 10.5 Å². The minimum Gasteiger partial charge on any atom is -0.331 e. The Morgan fingerprint density at radius 1 is 1.37 bits per heavy atom. The summed E-state index contributed by atoms with van der Waals surface area (Å²) < 4.78 is 13.6. The monoisotopic (exact) mass is 264 g/mol. The molecule has 0 aromatic heterocycles. The Kier molecular flexibility index (Phi) is 4.93. The maximum Gasteiger partial charge on any atom is 0.270 e. The molecule has 19 heavy (non-hydrogen) atoms. The first kappa shape index (κ1) is 14.6. The molecule has 0 radical (unpaired) electrons. The van der Waals surface area contributed by atoms with Crippen LogP contribution in [0.25, 0.3) is 0 Å². The van der Waals surface area contributed by atoms with Gasteiger partial charge in [0, 0.05) is 25.2 Å². The SMILES string of the molecule is C=CCN(CC=C)C(=O)c1cc([N+](=O)[O-])ccc1F. The fourth-order valence-corrected chi connectivity index (χ4v) is 1.51. The Hall–Kier alpha value is -2.50. The zero-order valence-corrected chi connectivity index (χ0v) is 10.2. The van der Waals surface area contributed by atoms with E-state index in [0.29, 0.717) is 0 Å². The van der Waals surface area contributed by atoms with E-state index in [0.717, 1.165) is 18.2 Å². The van der Waals surface area contributed by atoms with Crippen LogP contribution in [-0.4, -0.2) is 28.8 Å². The zero-order chi connectivity index (χ0) is 14.4. The van der Waals surface area contributed by atoms with Crippen molar-refractivity contribution in [3.05, 3.63) is 65.0 Å². The third-order valence-corrected chi connectivity index (χ3v) is 2.38. The molecular formula is C13H13FN2O3. The standard InChI is InChI=1S/C13H13FN2O3/c1-3-7-15(8-4-2)13(17)11-9-10(16(18)19)5-6-12(11)14/h3-6,9H,1-2,7-8H2. The van der Waals surface area contributed by atoms with Gasteiger partial charge in [-0.2, -0.15) is 0 Å². The molecule has 5 nitrogen and oxygen atoms in total. The van der Waals surface area contributed by atoms with Crippen LogP contribution in [0.3, 0.4) is 0 Å². The zero-order valence-electron chi connectivity index (χ0n) is 10.2. The highest BCUT2D eigenvalue weighted by Gasteiger charge is 2.20. The van der Waals surface area contributed by atoms with E-state index in [9.17, 15) is 19.3 Å².